The van der Waals surface area contributed by atoms with Crippen LogP contribution in [0.15, 0.2) is 6.20 Å². The SMILES string of the molecule is CCC(CC)(OC)c1ncc(I)c(NC)n1. The molecule has 0 aromatic carbocycles. The van der Waals surface area contributed by atoms with Crippen molar-refractivity contribution in [1.29, 1.82) is 0 Å². The second-order valence-corrected chi connectivity index (χ2v) is 4.71. The van der Waals surface area contributed by atoms with Crippen molar-refractivity contribution >= 4 is 28.4 Å². The van der Waals surface area contributed by atoms with E-state index < -0.39 is 0 Å². The number of halogens is 1. The van der Waals surface area contributed by atoms with Crippen LogP contribution < -0.4 is 5.32 Å². The summed E-state index contributed by atoms with van der Waals surface area (Å²) in [6.45, 7) is 4.18. The monoisotopic (exact) mass is 335 g/mol. The molecule has 0 aliphatic heterocycles. The summed E-state index contributed by atoms with van der Waals surface area (Å²) in [5, 5.41) is 3.07. The molecule has 1 heterocycles. The Labute approximate surface area is 110 Å². The van der Waals surface area contributed by atoms with Gasteiger partial charge < -0.3 is 10.1 Å². The lowest BCUT2D eigenvalue weighted by Gasteiger charge is -2.28. The van der Waals surface area contributed by atoms with Gasteiger partial charge in [-0.05, 0) is 35.4 Å². The van der Waals surface area contributed by atoms with Crippen LogP contribution in [0.25, 0.3) is 0 Å². The maximum Gasteiger partial charge on any atom is 0.162 e. The number of rotatable bonds is 5. The van der Waals surface area contributed by atoms with Gasteiger partial charge in [-0.25, -0.2) is 9.97 Å². The van der Waals surface area contributed by atoms with Gasteiger partial charge in [0.05, 0.1) is 3.57 Å². The fraction of sp³-hybridized carbons (Fsp3) is 0.636. The second kappa shape index (κ2) is 5.77. The average Bonchev–Trinajstić information content (AvgIpc) is 2.33. The molecular formula is C11H18IN3O. The van der Waals surface area contributed by atoms with E-state index in [1.54, 1.807) is 7.11 Å². The summed E-state index contributed by atoms with van der Waals surface area (Å²) in [5.41, 5.74) is -0.365. The van der Waals surface area contributed by atoms with E-state index in [1.165, 1.54) is 0 Å². The quantitative estimate of drug-likeness (QED) is 0.841. The summed E-state index contributed by atoms with van der Waals surface area (Å²) in [7, 11) is 3.58. The zero-order valence-electron chi connectivity index (χ0n) is 10.2. The Morgan fingerprint density at radius 2 is 2.06 bits per heavy atom. The molecule has 1 N–H and O–H groups in total. The fourth-order valence-corrected chi connectivity index (χ4v) is 2.24. The van der Waals surface area contributed by atoms with E-state index in [2.05, 4.69) is 51.7 Å². The normalized spacial score (nSPS) is 11.6. The first-order valence-electron chi connectivity index (χ1n) is 5.39. The molecular weight excluding hydrogens is 317 g/mol. The molecule has 1 aromatic heterocycles. The molecule has 1 rings (SSSR count). The molecule has 0 saturated heterocycles. The topological polar surface area (TPSA) is 47.0 Å². The Balaban J connectivity index is 3.20. The smallest absolute Gasteiger partial charge is 0.162 e. The third-order valence-corrected chi connectivity index (χ3v) is 3.71. The number of methoxy groups -OCH3 is 1. The Morgan fingerprint density at radius 1 is 1.44 bits per heavy atom. The zero-order valence-corrected chi connectivity index (χ0v) is 12.3. The maximum atomic E-state index is 5.61. The van der Waals surface area contributed by atoms with Gasteiger partial charge in [-0.15, -0.1) is 0 Å². The van der Waals surface area contributed by atoms with Crippen molar-refractivity contribution in [3.8, 4) is 0 Å². The molecule has 16 heavy (non-hydrogen) atoms. The predicted molar refractivity (Wildman–Crippen MR) is 73.6 cm³/mol. The molecule has 4 nitrogen and oxygen atoms in total. The minimum atomic E-state index is -0.365. The number of anilines is 1. The summed E-state index contributed by atoms with van der Waals surface area (Å²) in [4.78, 5) is 8.91. The number of nitrogens with one attached hydrogen (secondary N) is 1. The molecule has 0 aliphatic rings. The third-order valence-electron chi connectivity index (χ3n) is 2.92. The molecule has 0 saturated carbocycles. The third kappa shape index (κ3) is 2.45. The van der Waals surface area contributed by atoms with Gasteiger partial charge in [0.25, 0.3) is 0 Å². The first-order chi connectivity index (χ1) is 7.63. The van der Waals surface area contributed by atoms with Crippen LogP contribution in [0.3, 0.4) is 0 Å². The summed E-state index contributed by atoms with van der Waals surface area (Å²) in [6, 6.07) is 0. The first-order valence-corrected chi connectivity index (χ1v) is 6.47. The highest BCUT2D eigenvalue weighted by molar-refractivity contribution is 14.1. The van der Waals surface area contributed by atoms with Gasteiger partial charge in [-0.3, -0.25) is 0 Å². The van der Waals surface area contributed by atoms with Crippen LogP contribution in [0.5, 0.6) is 0 Å². The first kappa shape index (κ1) is 13.6. The lowest BCUT2D eigenvalue weighted by atomic mass is 9.96. The summed E-state index contributed by atoms with van der Waals surface area (Å²) in [5.74, 6) is 1.61. The highest BCUT2D eigenvalue weighted by atomic mass is 127. The minimum absolute atomic E-state index is 0.365. The van der Waals surface area contributed by atoms with Crippen molar-refractivity contribution in [3.63, 3.8) is 0 Å². The largest absolute Gasteiger partial charge is 0.372 e. The van der Waals surface area contributed by atoms with Gasteiger partial charge in [-0.1, -0.05) is 13.8 Å². The molecule has 0 radical (unpaired) electrons. The zero-order chi connectivity index (χ0) is 12.2. The number of nitrogens with zero attached hydrogens (tertiary/aromatic N) is 2. The van der Waals surface area contributed by atoms with E-state index in [0.717, 1.165) is 28.1 Å². The van der Waals surface area contributed by atoms with Crippen LogP contribution in [0, 0.1) is 3.57 Å². The van der Waals surface area contributed by atoms with Crippen molar-refractivity contribution < 1.29 is 4.74 Å². The summed E-state index contributed by atoms with van der Waals surface area (Å²) in [6.07, 6.45) is 3.56. The van der Waals surface area contributed by atoms with Crippen LogP contribution in [0.4, 0.5) is 5.82 Å². The highest BCUT2D eigenvalue weighted by Gasteiger charge is 2.31. The van der Waals surface area contributed by atoms with Crippen molar-refractivity contribution in [2.45, 2.75) is 32.3 Å². The van der Waals surface area contributed by atoms with Crippen LogP contribution in [-0.2, 0) is 10.3 Å². The lowest BCUT2D eigenvalue weighted by molar-refractivity contribution is -0.0290. The van der Waals surface area contributed by atoms with E-state index in [0.29, 0.717) is 0 Å². The molecule has 90 valence electrons. The van der Waals surface area contributed by atoms with E-state index in [4.69, 9.17) is 4.74 Å². The van der Waals surface area contributed by atoms with E-state index >= 15 is 0 Å². The Morgan fingerprint density at radius 3 is 2.50 bits per heavy atom. The molecule has 1 aromatic rings. The standard InChI is InChI=1S/C11H18IN3O/c1-5-11(6-2,16-4)10-14-7-8(12)9(13-3)15-10/h7H,5-6H2,1-4H3,(H,13,14,15). The molecule has 0 atom stereocenters. The average molecular weight is 335 g/mol. The van der Waals surface area contributed by atoms with Crippen LogP contribution in [0.2, 0.25) is 0 Å². The summed E-state index contributed by atoms with van der Waals surface area (Å²) >= 11 is 2.21. The molecule has 0 aliphatic carbocycles. The molecule has 0 amide bonds. The number of aromatic nitrogens is 2. The maximum absolute atomic E-state index is 5.61. The minimum Gasteiger partial charge on any atom is -0.372 e. The Bertz CT molecular complexity index is 345. The van der Waals surface area contributed by atoms with Crippen LogP contribution >= 0.6 is 22.6 Å². The summed E-state index contributed by atoms with van der Waals surface area (Å²) < 4.78 is 6.62. The van der Waals surface area contributed by atoms with E-state index in [-0.39, 0.29) is 5.60 Å². The second-order valence-electron chi connectivity index (χ2n) is 3.55. The van der Waals surface area contributed by atoms with Crippen molar-refractivity contribution in [1.82, 2.24) is 9.97 Å². The van der Waals surface area contributed by atoms with Gasteiger partial charge in [0, 0.05) is 20.4 Å². The van der Waals surface area contributed by atoms with Gasteiger partial charge in [0.1, 0.15) is 11.4 Å². The lowest BCUT2D eigenvalue weighted by Crippen LogP contribution is -2.29. The van der Waals surface area contributed by atoms with E-state index in [1.807, 2.05) is 13.2 Å². The predicted octanol–water partition coefficient (Wildman–Crippen LogP) is 2.78. The fourth-order valence-electron chi connectivity index (χ4n) is 1.71. The molecule has 0 bridgehead atoms. The molecule has 0 spiro atoms. The van der Waals surface area contributed by atoms with Crippen molar-refractivity contribution in [2.24, 2.45) is 0 Å². The van der Waals surface area contributed by atoms with Gasteiger partial charge in [0.15, 0.2) is 5.82 Å². The molecule has 0 unspecified atom stereocenters. The highest BCUT2D eigenvalue weighted by Crippen LogP contribution is 2.30. The van der Waals surface area contributed by atoms with Crippen LogP contribution in [-0.4, -0.2) is 24.1 Å². The van der Waals surface area contributed by atoms with E-state index in [9.17, 15) is 0 Å². The van der Waals surface area contributed by atoms with Crippen molar-refractivity contribution in [2.75, 3.05) is 19.5 Å². The van der Waals surface area contributed by atoms with Gasteiger partial charge in [-0.2, -0.15) is 0 Å². The number of ether oxygens (including phenoxy) is 1. The Kier molecular flexibility index (Phi) is 4.91. The molecule has 0 fully saturated rings. The van der Waals surface area contributed by atoms with Crippen molar-refractivity contribution in [3.05, 3.63) is 15.6 Å². The Hall–Kier alpha value is -0.430. The van der Waals surface area contributed by atoms with Crippen LogP contribution in [0.1, 0.15) is 32.5 Å². The van der Waals surface area contributed by atoms with Gasteiger partial charge >= 0.3 is 0 Å². The number of hydrogen-bond acceptors (Lipinski definition) is 4. The van der Waals surface area contributed by atoms with Gasteiger partial charge in [0.2, 0.25) is 0 Å². The molecule has 5 heteroatoms. The number of hydrogen-bond donors (Lipinski definition) is 1.